The summed E-state index contributed by atoms with van der Waals surface area (Å²) in [7, 11) is 0. The molecule has 0 spiro atoms. The number of carboxylic acids is 1. The number of rotatable bonds is 7. The van der Waals surface area contributed by atoms with Gasteiger partial charge in [0.2, 0.25) is 0 Å². The SMILES string of the molecule is O=C(O)c1c(COCCC2CC2)cccc1[N+](=O)[O-]. The summed E-state index contributed by atoms with van der Waals surface area (Å²) in [5.74, 6) is -0.558. The summed E-state index contributed by atoms with van der Waals surface area (Å²) in [6.45, 7) is 0.655. The second kappa shape index (κ2) is 5.79. The minimum absolute atomic E-state index is 0.0933. The molecule has 0 atom stereocenters. The molecule has 1 saturated carbocycles. The number of nitro benzene ring substituents is 1. The van der Waals surface area contributed by atoms with Gasteiger partial charge in [-0.3, -0.25) is 10.1 Å². The summed E-state index contributed by atoms with van der Waals surface area (Å²) >= 11 is 0. The van der Waals surface area contributed by atoms with Crippen molar-refractivity contribution in [3.8, 4) is 0 Å². The molecule has 0 saturated heterocycles. The first-order valence-electron chi connectivity index (χ1n) is 6.17. The number of aromatic carboxylic acids is 1. The molecule has 6 nitrogen and oxygen atoms in total. The Morgan fingerprint density at radius 3 is 2.79 bits per heavy atom. The number of carbonyl (C=O) groups is 1. The summed E-state index contributed by atoms with van der Waals surface area (Å²) < 4.78 is 5.41. The van der Waals surface area contributed by atoms with Crippen LogP contribution in [-0.2, 0) is 11.3 Å². The minimum atomic E-state index is -1.30. The zero-order valence-electron chi connectivity index (χ0n) is 10.4. The highest BCUT2D eigenvalue weighted by atomic mass is 16.6. The van der Waals surface area contributed by atoms with Gasteiger partial charge in [-0.15, -0.1) is 0 Å². The number of ether oxygens (including phenoxy) is 1. The van der Waals surface area contributed by atoms with Crippen molar-refractivity contribution in [2.45, 2.75) is 25.9 Å². The fourth-order valence-electron chi connectivity index (χ4n) is 1.94. The van der Waals surface area contributed by atoms with Crippen molar-refractivity contribution in [1.29, 1.82) is 0 Å². The number of nitrogens with zero attached hydrogens (tertiary/aromatic N) is 1. The molecule has 1 fully saturated rings. The molecule has 2 rings (SSSR count). The maximum atomic E-state index is 11.1. The van der Waals surface area contributed by atoms with Crippen LogP contribution in [0.15, 0.2) is 18.2 Å². The lowest BCUT2D eigenvalue weighted by Crippen LogP contribution is -2.08. The standard InChI is InChI=1S/C13H15NO5/c15-13(16)12-10(2-1-3-11(12)14(17)18)8-19-7-6-9-4-5-9/h1-3,9H,4-8H2,(H,15,16). The molecule has 0 aromatic heterocycles. The van der Waals surface area contributed by atoms with Crippen LogP contribution in [0.5, 0.6) is 0 Å². The fourth-order valence-corrected chi connectivity index (χ4v) is 1.94. The Hall–Kier alpha value is -1.95. The van der Waals surface area contributed by atoms with E-state index in [1.54, 1.807) is 6.07 Å². The summed E-state index contributed by atoms with van der Waals surface area (Å²) in [6.07, 6.45) is 3.44. The van der Waals surface area contributed by atoms with Gasteiger partial charge in [-0.2, -0.15) is 0 Å². The van der Waals surface area contributed by atoms with Crippen molar-refractivity contribution >= 4 is 11.7 Å². The average molecular weight is 265 g/mol. The van der Waals surface area contributed by atoms with E-state index >= 15 is 0 Å². The summed E-state index contributed by atoms with van der Waals surface area (Å²) in [5, 5.41) is 19.9. The first kappa shape index (κ1) is 13.5. The Morgan fingerprint density at radius 2 is 2.21 bits per heavy atom. The molecule has 1 aliphatic carbocycles. The van der Waals surface area contributed by atoms with Gasteiger partial charge in [-0.25, -0.2) is 4.79 Å². The van der Waals surface area contributed by atoms with Crippen molar-refractivity contribution in [1.82, 2.24) is 0 Å². The molecule has 1 aliphatic rings. The van der Waals surface area contributed by atoms with Gasteiger partial charge < -0.3 is 9.84 Å². The molecule has 1 N–H and O–H groups in total. The Kier molecular flexibility index (Phi) is 4.11. The third-order valence-electron chi connectivity index (χ3n) is 3.16. The highest BCUT2D eigenvalue weighted by molar-refractivity contribution is 5.94. The number of carboxylic acid groups (broad SMARTS) is 1. The molecule has 6 heteroatoms. The Morgan fingerprint density at radius 1 is 1.47 bits per heavy atom. The maximum Gasteiger partial charge on any atom is 0.343 e. The molecule has 1 aromatic carbocycles. The van der Waals surface area contributed by atoms with Crippen LogP contribution in [-0.4, -0.2) is 22.6 Å². The normalized spacial score (nSPS) is 14.3. The van der Waals surface area contributed by atoms with Gasteiger partial charge >= 0.3 is 5.97 Å². The van der Waals surface area contributed by atoms with Gasteiger partial charge in [0.05, 0.1) is 11.5 Å². The van der Waals surface area contributed by atoms with E-state index in [2.05, 4.69) is 0 Å². The first-order valence-corrected chi connectivity index (χ1v) is 6.17. The fraction of sp³-hybridized carbons (Fsp3) is 0.462. The number of hydrogen-bond acceptors (Lipinski definition) is 4. The monoisotopic (exact) mass is 265 g/mol. The Bertz CT molecular complexity index is 496. The van der Waals surface area contributed by atoms with E-state index < -0.39 is 16.6 Å². The lowest BCUT2D eigenvalue weighted by atomic mass is 10.1. The highest BCUT2D eigenvalue weighted by Gasteiger charge is 2.24. The molecule has 0 bridgehead atoms. The third kappa shape index (κ3) is 3.51. The smallest absolute Gasteiger partial charge is 0.343 e. The molecule has 102 valence electrons. The van der Waals surface area contributed by atoms with Crippen LogP contribution in [0, 0.1) is 16.0 Å². The second-order valence-corrected chi connectivity index (χ2v) is 4.66. The van der Waals surface area contributed by atoms with E-state index in [1.165, 1.54) is 25.0 Å². The van der Waals surface area contributed by atoms with Crippen LogP contribution in [0.1, 0.15) is 35.2 Å². The number of nitro groups is 1. The molecule has 0 amide bonds. The molecule has 0 radical (unpaired) electrons. The van der Waals surface area contributed by atoms with Gasteiger partial charge in [-0.05, 0) is 17.9 Å². The van der Waals surface area contributed by atoms with Gasteiger partial charge in [0, 0.05) is 12.7 Å². The van der Waals surface area contributed by atoms with Gasteiger partial charge in [0.25, 0.3) is 5.69 Å². The van der Waals surface area contributed by atoms with E-state index in [-0.39, 0.29) is 12.2 Å². The first-order chi connectivity index (χ1) is 9.09. The van der Waals surface area contributed by atoms with Gasteiger partial charge in [0.15, 0.2) is 0 Å². The van der Waals surface area contributed by atoms with Crippen LogP contribution in [0.4, 0.5) is 5.69 Å². The van der Waals surface area contributed by atoms with Crippen LogP contribution in [0.25, 0.3) is 0 Å². The predicted octanol–water partition coefficient (Wildman–Crippen LogP) is 2.61. The highest BCUT2D eigenvalue weighted by Crippen LogP contribution is 2.32. The van der Waals surface area contributed by atoms with Crippen molar-refractivity contribution < 1.29 is 19.6 Å². The Labute approximate surface area is 110 Å². The van der Waals surface area contributed by atoms with Crippen molar-refractivity contribution in [2.24, 2.45) is 5.92 Å². The maximum absolute atomic E-state index is 11.1. The molecular weight excluding hydrogens is 250 g/mol. The van der Waals surface area contributed by atoms with Crippen molar-refractivity contribution in [2.75, 3.05) is 6.61 Å². The number of hydrogen-bond donors (Lipinski definition) is 1. The lowest BCUT2D eigenvalue weighted by Gasteiger charge is -2.07. The van der Waals surface area contributed by atoms with E-state index in [4.69, 9.17) is 9.84 Å². The van der Waals surface area contributed by atoms with Crippen LogP contribution in [0.3, 0.4) is 0 Å². The lowest BCUT2D eigenvalue weighted by molar-refractivity contribution is -0.385. The molecule has 0 heterocycles. The topological polar surface area (TPSA) is 89.7 Å². The van der Waals surface area contributed by atoms with Crippen molar-refractivity contribution in [3.05, 3.63) is 39.4 Å². The average Bonchev–Trinajstić information content (AvgIpc) is 3.18. The van der Waals surface area contributed by atoms with Crippen LogP contribution >= 0.6 is 0 Å². The molecule has 19 heavy (non-hydrogen) atoms. The molecular formula is C13H15NO5. The third-order valence-corrected chi connectivity index (χ3v) is 3.16. The van der Waals surface area contributed by atoms with E-state index in [0.717, 1.165) is 12.3 Å². The zero-order chi connectivity index (χ0) is 13.8. The summed E-state index contributed by atoms with van der Waals surface area (Å²) in [5.41, 5.74) is -0.327. The molecule has 0 unspecified atom stereocenters. The predicted molar refractivity (Wildman–Crippen MR) is 67.1 cm³/mol. The van der Waals surface area contributed by atoms with E-state index in [9.17, 15) is 14.9 Å². The largest absolute Gasteiger partial charge is 0.477 e. The van der Waals surface area contributed by atoms with Gasteiger partial charge in [-0.1, -0.05) is 25.0 Å². The summed E-state index contributed by atoms with van der Waals surface area (Å²) in [6, 6.07) is 4.22. The zero-order valence-corrected chi connectivity index (χ0v) is 10.4. The van der Waals surface area contributed by atoms with Crippen molar-refractivity contribution in [3.63, 3.8) is 0 Å². The summed E-state index contributed by atoms with van der Waals surface area (Å²) in [4.78, 5) is 21.3. The Balaban J connectivity index is 2.06. The van der Waals surface area contributed by atoms with Crippen LogP contribution in [0.2, 0.25) is 0 Å². The molecule has 1 aromatic rings. The number of benzene rings is 1. The van der Waals surface area contributed by atoms with E-state index in [1.807, 2.05) is 0 Å². The van der Waals surface area contributed by atoms with Crippen LogP contribution < -0.4 is 0 Å². The molecule has 0 aliphatic heterocycles. The second-order valence-electron chi connectivity index (χ2n) is 4.66. The van der Waals surface area contributed by atoms with E-state index in [0.29, 0.717) is 12.2 Å². The van der Waals surface area contributed by atoms with Gasteiger partial charge in [0.1, 0.15) is 5.56 Å². The quantitative estimate of drug-likeness (QED) is 0.465. The minimum Gasteiger partial charge on any atom is -0.477 e.